The standard InChI is InChI=1S/C15H17NO4S/c17-15(9-11-6-8-21(18,19)10-11)16-13-5-7-20-14-4-2-1-3-12(13)14/h1-4,6,8,11,13H,5,7,9-10H2,(H,16,17)/t11-,13-/m0/s1. The molecule has 0 radical (unpaired) electrons. The van der Waals surface area contributed by atoms with Crippen LogP contribution in [0.5, 0.6) is 5.75 Å². The molecule has 2 aliphatic heterocycles. The van der Waals surface area contributed by atoms with Gasteiger partial charge in [-0.05, 0) is 6.07 Å². The minimum absolute atomic E-state index is 0.0325. The molecule has 5 nitrogen and oxygen atoms in total. The van der Waals surface area contributed by atoms with Crippen LogP contribution in [0.25, 0.3) is 0 Å². The number of ether oxygens (including phenoxy) is 1. The van der Waals surface area contributed by atoms with Crippen LogP contribution in [0.1, 0.15) is 24.4 Å². The predicted molar refractivity (Wildman–Crippen MR) is 78.5 cm³/mol. The number of para-hydroxylation sites is 1. The summed E-state index contributed by atoms with van der Waals surface area (Å²) >= 11 is 0. The summed E-state index contributed by atoms with van der Waals surface area (Å²) in [5, 5.41) is 4.18. The smallest absolute Gasteiger partial charge is 0.221 e. The van der Waals surface area contributed by atoms with E-state index in [1.165, 1.54) is 5.41 Å². The van der Waals surface area contributed by atoms with E-state index in [0.717, 1.165) is 17.7 Å². The highest BCUT2D eigenvalue weighted by molar-refractivity contribution is 7.94. The van der Waals surface area contributed by atoms with Gasteiger partial charge in [-0.1, -0.05) is 24.3 Å². The summed E-state index contributed by atoms with van der Waals surface area (Å²) < 4.78 is 28.2. The second-order valence-electron chi connectivity index (χ2n) is 5.42. The number of nitrogens with one attached hydrogen (secondary N) is 1. The quantitative estimate of drug-likeness (QED) is 0.920. The number of amides is 1. The summed E-state index contributed by atoms with van der Waals surface area (Å²) in [6.45, 7) is 0.569. The molecule has 1 aromatic carbocycles. The summed E-state index contributed by atoms with van der Waals surface area (Å²) in [6.07, 6.45) is 2.53. The van der Waals surface area contributed by atoms with E-state index in [9.17, 15) is 13.2 Å². The fourth-order valence-corrected chi connectivity index (χ4v) is 4.15. The molecule has 6 heteroatoms. The molecule has 2 atom stereocenters. The molecule has 0 aliphatic carbocycles. The molecule has 0 saturated carbocycles. The second kappa shape index (κ2) is 5.52. The maximum atomic E-state index is 12.1. The van der Waals surface area contributed by atoms with Gasteiger partial charge >= 0.3 is 0 Å². The van der Waals surface area contributed by atoms with E-state index in [1.807, 2.05) is 24.3 Å². The SMILES string of the molecule is O=C(C[C@@H]1C=CS(=O)(=O)C1)N[C@H]1CCOc2ccccc21. The molecule has 0 fully saturated rings. The van der Waals surface area contributed by atoms with E-state index in [4.69, 9.17) is 4.74 Å². The van der Waals surface area contributed by atoms with Crippen molar-refractivity contribution in [3.05, 3.63) is 41.3 Å². The molecule has 0 spiro atoms. The van der Waals surface area contributed by atoms with Crippen molar-refractivity contribution in [1.29, 1.82) is 0 Å². The minimum atomic E-state index is -3.10. The monoisotopic (exact) mass is 307 g/mol. The van der Waals surface area contributed by atoms with Crippen LogP contribution in [-0.2, 0) is 14.6 Å². The predicted octanol–water partition coefficient (Wildman–Crippen LogP) is 1.57. The average Bonchev–Trinajstić information content (AvgIpc) is 2.78. The Balaban J connectivity index is 1.63. The van der Waals surface area contributed by atoms with Gasteiger partial charge in [-0.15, -0.1) is 0 Å². The molecule has 2 aliphatic rings. The van der Waals surface area contributed by atoms with Crippen LogP contribution in [0.2, 0.25) is 0 Å². The van der Waals surface area contributed by atoms with Gasteiger partial charge in [0.25, 0.3) is 0 Å². The van der Waals surface area contributed by atoms with Crippen LogP contribution in [0.15, 0.2) is 35.7 Å². The van der Waals surface area contributed by atoms with Crippen molar-refractivity contribution in [3.8, 4) is 5.75 Å². The Bertz CT molecular complexity index is 681. The Hall–Kier alpha value is -1.82. The van der Waals surface area contributed by atoms with Gasteiger partial charge < -0.3 is 10.1 Å². The molecule has 0 bridgehead atoms. The number of fused-ring (bicyclic) bond motifs is 1. The number of hydrogen-bond acceptors (Lipinski definition) is 4. The second-order valence-corrected chi connectivity index (χ2v) is 7.35. The Morgan fingerprint density at radius 1 is 1.33 bits per heavy atom. The first-order valence-corrected chi connectivity index (χ1v) is 8.67. The number of benzene rings is 1. The molecule has 1 amide bonds. The van der Waals surface area contributed by atoms with Crippen molar-refractivity contribution in [2.24, 2.45) is 5.92 Å². The van der Waals surface area contributed by atoms with Crippen molar-refractivity contribution >= 4 is 15.7 Å². The van der Waals surface area contributed by atoms with Crippen molar-refractivity contribution in [2.75, 3.05) is 12.4 Å². The van der Waals surface area contributed by atoms with Gasteiger partial charge in [0.2, 0.25) is 5.91 Å². The van der Waals surface area contributed by atoms with E-state index in [2.05, 4.69) is 5.32 Å². The van der Waals surface area contributed by atoms with Gasteiger partial charge in [0, 0.05) is 29.7 Å². The molecule has 21 heavy (non-hydrogen) atoms. The summed E-state index contributed by atoms with van der Waals surface area (Å²) in [6, 6.07) is 7.58. The number of carbonyl (C=O) groups excluding carboxylic acids is 1. The summed E-state index contributed by atoms with van der Waals surface area (Å²) in [4.78, 5) is 12.1. The Morgan fingerprint density at radius 2 is 2.14 bits per heavy atom. The number of carbonyl (C=O) groups is 1. The lowest BCUT2D eigenvalue weighted by Crippen LogP contribution is -2.33. The Kier molecular flexibility index (Phi) is 3.71. The number of rotatable bonds is 3. The molecule has 1 aromatic rings. The molecule has 2 heterocycles. The van der Waals surface area contributed by atoms with Crippen molar-refractivity contribution in [1.82, 2.24) is 5.32 Å². The molecule has 112 valence electrons. The van der Waals surface area contributed by atoms with E-state index >= 15 is 0 Å². The third kappa shape index (κ3) is 3.26. The van der Waals surface area contributed by atoms with Crippen LogP contribution in [0.3, 0.4) is 0 Å². The molecule has 3 rings (SSSR count). The van der Waals surface area contributed by atoms with E-state index in [-0.39, 0.29) is 30.0 Å². The van der Waals surface area contributed by atoms with Crippen LogP contribution in [0, 0.1) is 5.92 Å². The highest BCUT2D eigenvalue weighted by Gasteiger charge is 2.26. The topological polar surface area (TPSA) is 72.5 Å². The summed E-state index contributed by atoms with van der Waals surface area (Å²) in [5.74, 6) is 0.496. The van der Waals surface area contributed by atoms with E-state index in [0.29, 0.717) is 6.61 Å². The van der Waals surface area contributed by atoms with Crippen molar-refractivity contribution < 1.29 is 17.9 Å². The minimum Gasteiger partial charge on any atom is -0.493 e. The zero-order valence-corrected chi connectivity index (χ0v) is 12.3. The lowest BCUT2D eigenvalue weighted by atomic mass is 9.99. The van der Waals surface area contributed by atoms with Gasteiger partial charge in [-0.25, -0.2) is 8.42 Å². The fraction of sp³-hybridized carbons (Fsp3) is 0.400. The zero-order chi connectivity index (χ0) is 14.9. The molecule has 0 saturated heterocycles. The number of hydrogen-bond donors (Lipinski definition) is 1. The van der Waals surface area contributed by atoms with Crippen molar-refractivity contribution in [2.45, 2.75) is 18.9 Å². The first-order valence-electron chi connectivity index (χ1n) is 6.95. The van der Waals surface area contributed by atoms with E-state index in [1.54, 1.807) is 6.08 Å². The maximum absolute atomic E-state index is 12.1. The average molecular weight is 307 g/mol. The largest absolute Gasteiger partial charge is 0.493 e. The number of sulfone groups is 1. The van der Waals surface area contributed by atoms with Crippen LogP contribution in [-0.4, -0.2) is 26.7 Å². The normalized spacial score (nSPS) is 25.9. The molecule has 0 aromatic heterocycles. The van der Waals surface area contributed by atoms with Crippen molar-refractivity contribution in [3.63, 3.8) is 0 Å². The van der Waals surface area contributed by atoms with Gasteiger partial charge in [0.1, 0.15) is 5.75 Å². The Morgan fingerprint density at radius 3 is 2.90 bits per heavy atom. The number of allylic oxidation sites excluding steroid dienone is 1. The molecular weight excluding hydrogens is 290 g/mol. The Labute approximate surface area is 123 Å². The van der Waals surface area contributed by atoms with Crippen LogP contribution >= 0.6 is 0 Å². The molecule has 1 N–H and O–H groups in total. The van der Waals surface area contributed by atoms with Crippen LogP contribution < -0.4 is 10.1 Å². The van der Waals surface area contributed by atoms with Gasteiger partial charge in [-0.2, -0.15) is 0 Å². The first-order chi connectivity index (χ1) is 10.0. The van der Waals surface area contributed by atoms with Crippen LogP contribution in [0.4, 0.5) is 0 Å². The fourth-order valence-electron chi connectivity index (χ4n) is 2.75. The third-order valence-electron chi connectivity index (χ3n) is 3.75. The summed E-state index contributed by atoms with van der Waals surface area (Å²) in [5.41, 5.74) is 0.978. The highest BCUT2D eigenvalue weighted by Crippen LogP contribution is 2.31. The lowest BCUT2D eigenvalue weighted by Gasteiger charge is -2.26. The first kappa shape index (κ1) is 14.1. The summed E-state index contributed by atoms with van der Waals surface area (Å²) in [7, 11) is -3.10. The van der Waals surface area contributed by atoms with Gasteiger partial charge in [-0.3, -0.25) is 4.79 Å². The molecular formula is C15H17NO4S. The lowest BCUT2D eigenvalue weighted by molar-refractivity contribution is -0.122. The maximum Gasteiger partial charge on any atom is 0.221 e. The third-order valence-corrected chi connectivity index (χ3v) is 5.21. The molecule has 0 unspecified atom stereocenters. The zero-order valence-electron chi connectivity index (χ0n) is 11.5. The van der Waals surface area contributed by atoms with E-state index < -0.39 is 9.84 Å². The highest BCUT2D eigenvalue weighted by atomic mass is 32.2. The van der Waals surface area contributed by atoms with Gasteiger partial charge in [0.05, 0.1) is 18.4 Å². The van der Waals surface area contributed by atoms with Gasteiger partial charge in [0.15, 0.2) is 9.84 Å².